The second-order valence-corrected chi connectivity index (χ2v) is 10.0. The highest BCUT2D eigenvalue weighted by Gasteiger charge is 2.68. The Kier molecular flexibility index (Phi) is 8.58. The first-order chi connectivity index (χ1) is 19.2. The maximum atomic E-state index is 13.7. The summed E-state index contributed by atoms with van der Waals surface area (Å²) in [6, 6.07) is 18.1. The van der Waals surface area contributed by atoms with Crippen LogP contribution in [0.25, 0.3) is 0 Å². The van der Waals surface area contributed by atoms with Crippen molar-refractivity contribution in [2.75, 3.05) is 14.2 Å². The third-order valence-electron chi connectivity index (χ3n) is 6.13. The predicted octanol–water partition coefficient (Wildman–Crippen LogP) is 4.12. The highest BCUT2D eigenvalue weighted by Crippen LogP contribution is 2.49. The number of nitro benzene ring substituents is 1. The fraction of sp³-hybridized carbons (Fsp3) is 0.250. The van der Waals surface area contributed by atoms with Gasteiger partial charge in [0.05, 0.1) is 25.7 Å². The number of carbonyl (C=O) groups excluding carboxylic acids is 3. The minimum absolute atomic E-state index is 0.0400. The van der Waals surface area contributed by atoms with Crippen LogP contribution in [0.3, 0.4) is 0 Å². The third-order valence-corrected chi connectivity index (χ3v) is 7.42. The molecular weight excluding hydrogens is 540 g/mol. The van der Waals surface area contributed by atoms with Crippen LogP contribution in [0.4, 0.5) is 5.69 Å². The molecule has 0 saturated carbocycles. The van der Waals surface area contributed by atoms with Gasteiger partial charge in [0.15, 0.2) is 6.04 Å². The second kappa shape index (κ2) is 12.1. The molecule has 2 atom stereocenters. The topological polar surface area (TPSA) is 135 Å². The Morgan fingerprint density at radius 1 is 1.02 bits per heavy atom. The first-order valence-electron chi connectivity index (χ1n) is 12.0. The van der Waals surface area contributed by atoms with E-state index < -0.39 is 33.7 Å². The average molecular weight is 567 g/mol. The Morgan fingerprint density at radius 3 is 2.33 bits per heavy atom. The van der Waals surface area contributed by atoms with Gasteiger partial charge < -0.3 is 23.8 Å². The molecule has 1 saturated heterocycles. The molecule has 4 rings (SSSR count). The van der Waals surface area contributed by atoms with E-state index in [2.05, 4.69) is 0 Å². The summed E-state index contributed by atoms with van der Waals surface area (Å²) in [4.78, 5) is 49.9. The normalized spacial score (nSPS) is 17.9. The standard InChI is InChI=1S/C28H26N2O9S/c1-18(31)39-28(40-23-7-5-4-6-8-23)25(26(32)38-17-19-9-12-21(13-10-19)30(34)35)29(27(28)33)16-20-11-14-22(36-2)15-24(20)37-3/h4-15,25H,16-17H2,1-3H3. The van der Waals surface area contributed by atoms with Crippen LogP contribution in [-0.2, 0) is 37.0 Å². The van der Waals surface area contributed by atoms with E-state index in [9.17, 15) is 24.5 Å². The maximum absolute atomic E-state index is 13.7. The smallest absolute Gasteiger partial charge is 0.335 e. The van der Waals surface area contributed by atoms with Crippen LogP contribution in [0.15, 0.2) is 77.7 Å². The largest absolute Gasteiger partial charge is 0.497 e. The van der Waals surface area contributed by atoms with Gasteiger partial charge in [0.1, 0.15) is 18.1 Å². The van der Waals surface area contributed by atoms with Crippen LogP contribution >= 0.6 is 11.8 Å². The molecule has 0 spiro atoms. The van der Waals surface area contributed by atoms with E-state index in [4.69, 9.17) is 18.9 Å². The number of likely N-dealkylation sites (tertiary alicyclic amines) is 1. The van der Waals surface area contributed by atoms with E-state index in [1.165, 1.54) is 43.4 Å². The van der Waals surface area contributed by atoms with Gasteiger partial charge in [-0.1, -0.05) is 30.0 Å². The summed E-state index contributed by atoms with van der Waals surface area (Å²) in [7, 11) is 2.99. The van der Waals surface area contributed by atoms with E-state index in [0.29, 0.717) is 27.5 Å². The van der Waals surface area contributed by atoms with Crippen molar-refractivity contribution in [1.29, 1.82) is 0 Å². The van der Waals surface area contributed by atoms with Gasteiger partial charge in [0, 0.05) is 35.6 Å². The lowest BCUT2D eigenvalue weighted by Crippen LogP contribution is -2.75. The Labute approximate surface area is 234 Å². The van der Waals surface area contributed by atoms with Crippen molar-refractivity contribution in [3.05, 3.63) is 94.0 Å². The molecule has 1 amide bonds. The minimum atomic E-state index is -1.90. The van der Waals surface area contributed by atoms with E-state index in [0.717, 1.165) is 18.7 Å². The summed E-state index contributed by atoms with van der Waals surface area (Å²) in [5.74, 6) is -1.16. The zero-order chi connectivity index (χ0) is 28.9. The molecule has 0 N–H and O–H groups in total. The number of amides is 1. The Bertz CT molecular complexity index is 1420. The molecule has 0 aliphatic carbocycles. The monoisotopic (exact) mass is 566 g/mol. The molecule has 1 aliphatic heterocycles. The van der Waals surface area contributed by atoms with E-state index >= 15 is 0 Å². The number of esters is 2. The number of benzene rings is 3. The van der Waals surface area contributed by atoms with Gasteiger partial charge in [-0.05, 0) is 42.0 Å². The molecule has 3 aromatic rings. The molecule has 2 unspecified atom stereocenters. The van der Waals surface area contributed by atoms with Crippen LogP contribution in [0.5, 0.6) is 11.5 Å². The van der Waals surface area contributed by atoms with Gasteiger partial charge in [-0.25, -0.2) is 4.79 Å². The molecule has 12 heteroatoms. The number of methoxy groups -OCH3 is 2. The van der Waals surface area contributed by atoms with Crippen molar-refractivity contribution in [3.8, 4) is 11.5 Å². The average Bonchev–Trinajstić information content (AvgIpc) is 2.95. The van der Waals surface area contributed by atoms with Crippen LogP contribution in [0, 0.1) is 10.1 Å². The zero-order valence-corrected chi connectivity index (χ0v) is 22.7. The molecule has 0 bridgehead atoms. The summed E-state index contributed by atoms with van der Waals surface area (Å²) >= 11 is 0.947. The van der Waals surface area contributed by atoms with Crippen LogP contribution in [-0.4, -0.2) is 52.9 Å². The molecule has 208 valence electrons. The molecular formula is C28H26N2O9S. The first kappa shape index (κ1) is 28.4. The quantitative estimate of drug-likeness (QED) is 0.110. The summed E-state index contributed by atoms with van der Waals surface area (Å²) in [6.07, 6.45) is 0. The second-order valence-electron chi connectivity index (χ2n) is 8.72. The van der Waals surface area contributed by atoms with Crippen LogP contribution < -0.4 is 9.47 Å². The Balaban J connectivity index is 1.66. The van der Waals surface area contributed by atoms with Gasteiger partial charge >= 0.3 is 11.9 Å². The molecule has 1 heterocycles. The number of thioether (sulfide) groups is 1. The van der Waals surface area contributed by atoms with E-state index in [1.54, 1.807) is 48.5 Å². The number of β-lactam (4-membered cyclic amide) rings is 1. The number of carbonyl (C=O) groups is 3. The fourth-order valence-corrected chi connectivity index (χ4v) is 5.57. The fourth-order valence-electron chi connectivity index (χ4n) is 4.23. The molecule has 1 fully saturated rings. The third kappa shape index (κ3) is 5.86. The van der Waals surface area contributed by atoms with Crippen molar-refractivity contribution in [2.24, 2.45) is 0 Å². The highest BCUT2D eigenvalue weighted by molar-refractivity contribution is 8.01. The lowest BCUT2D eigenvalue weighted by molar-refractivity contribution is -0.384. The van der Waals surface area contributed by atoms with Crippen LogP contribution in [0.2, 0.25) is 0 Å². The minimum Gasteiger partial charge on any atom is -0.497 e. The van der Waals surface area contributed by atoms with Gasteiger partial charge in [-0.15, -0.1) is 0 Å². The molecule has 0 aromatic heterocycles. The number of non-ortho nitro benzene ring substituents is 1. The van der Waals surface area contributed by atoms with Gasteiger partial charge in [-0.2, -0.15) is 0 Å². The SMILES string of the molecule is COc1ccc(CN2C(=O)C(OC(C)=O)(Sc3ccccc3)C2C(=O)OCc2ccc([N+](=O)[O-])cc2)c(OC)c1. The molecule has 3 aromatic carbocycles. The summed E-state index contributed by atoms with van der Waals surface area (Å²) in [5, 5.41) is 10.9. The van der Waals surface area contributed by atoms with Crippen molar-refractivity contribution in [2.45, 2.75) is 35.9 Å². The van der Waals surface area contributed by atoms with E-state index in [1.807, 2.05) is 0 Å². The number of ether oxygens (including phenoxy) is 4. The first-order valence-corrected chi connectivity index (χ1v) is 12.9. The number of nitro groups is 1. The number of nitrogens with zero attached hydrogens (tertiary/aromatic N) is 2. The lowest BCUT2D eigenvalue weighted by Gasteiger charge is -2.52. The summed E-state index contributed by atoms with van der Waals surface area (Å²) in [6.45, 7) is 0.907. The molecule has 0 radical (unpaired) electrons. The number of hydrogen-bond donors (Lipinski definition) is 0. The van der Waals surface area contributed by atoms with Gasteiger partial charge in [0.2, 0.25) is 0 Å². The lowest BCUT2D eigenvalue weighted by atomic mass is 9.95. The predicted molar refractivity (Wildman–Crippen MR) is 144 cm³/mol. The summed E-state index contributed by atoms with van der Waals surface area (Å²) in [5.41, 5.74) is 0.986. The number of hydrogen-bond acceptors (Lipinski definition) is 10. The van der Waals surface area contributed by atoms with Crippen molar-refractivity contribution in [3.63, 3.8) is 0 Å². The van der Waals surface area contributed by atoms with Crippen molar-refractivity contribution in [1.82, 2.24) is 4.90 Å². The van der Waals surface area contributed by atoms with Crippen molar-refractivity contribution >= 4 is 35.3 Å². The zero-order valence-electron chi connectivity index (χ0n) is 21.9. The molecule has 1 aliphatic rings. The highest BCUT2D eigenvalue weighted by atomic mass is 32.2. The maximum Gasteiger partial charge on any atom is 0.335 e. The van der Waals surface area contributed by atoms with E-state index in [-0.39, 0.29) is 18.8 Å². The Hall–Kier alpha value is -4.58. The van der Waals surface area contributed by atoms with Crippen molar-refractivity contribution < 1.29 is 38.3 Å². The number of rotatable bonds is 11. The molecule has 40 heavy (non-hydrogen) atoms. The Morgan fingerprint density at radius 2 is 1.73 bits per heavy atom. The van der Waals surface area contributed by atoms with Gasteiger partial charge in [0.25, 0.3) is 16.5 Å². The van der Waals surface area contributed by atoms with Gasteiger partial charge in [-0.3, -0.25) is 19.7 Å². The van der Waals surface area contributed by atoms with Crippen LogP contribution in [0.1, 0.15) is 18.1 Å². The molecule has 11 nitrogen and oxygen atoms in total. The summed E-state index contributed by atoms with van der Waals surface area (Å²) < 4.78 is 21.8.